The van der Waals surface area contributed by atoms with E-state index in [1.807, 2.05) is 0 Å². The van der Waals surface area contributed by atoms with Gasteiger partial charge in [0.25, 0.3) is 0 Å². The summed E-state index contributed by atoms with van der Waals surface area (Å²) in [6.07, 6.45) is 7.52. The quantitative estimate of drug-likeness (QED) is 0.547. The maximum Gasteiger partial charge on any atom is 0.188 e. The summed E-state index contributed by atoms with van der Waals surface area (Å²) >= 11 is 0. The fourth-order valence-electron chi connectivity index (χ4n) is 2.23. The average molecular weight is 225 g/mol. The van der Waals surface area contributed by atoms with Crippen LogP contribution in [0.2, 0.25) is 0 Å². The fourth-order valence-corrected chi connectivity index (χ4v) is 2.23. The van der Waals surface area contributed by atoms with Crippen LogP contribution in [-0.4, -0.2) is 31.8 Å². The molecule has 4 heteroatoms. The number of rotatable bonds is 5. The smallest absolute Gasteiger partial charge is 0.188 e. The molecule has 0 unspecified atom stereocenters. The van der Waals surface area contributed by atoms with Crippen molar-refractivity contribution < 1.29 is 4.74 Å². The second kappa shape index (κ2) is 5.04. The highest BCUT2D eigenvalue weighted by Gasteiger charge is 2.36. The number of hydrogen-bond acceptors (Lipinski definition) is 2. The second-order valence-corrected chi connectivity index (χ2v) is 5.12. The number of methoxy groups -OCH3 is 1. The highest BCUT2D eigenvalue weighted by atomic mass is 16.5. The molecule has 0 bridgehead atoms. The SMILES string of the molecule is COC1(CN=C(N)NCC2CCC2)CCC1. The van der Waals surface area contributed by atoms with E-state index >= 15 is 0 Å². The maximum absolute atomic E-state index is 5.82. The van der Waals surface area contributed by atoms with Crippen LogP contribution in [0, 0.1) is 5.92 Å². The van der Waals surface area contributed by atoms with E-state index in [4.69, 9.17) is 10.5 Å². The summed E-state index contributed by atoms with van der Waals surface area (Å²) in [5.41, 5.74) is 5.81. The maximum atomic E-state index is 5.82. The van der Waals surface area contributed by atoms with E-state index in [9.17, 15) is 0 Å². The molecule has 4 nitrogen and oxygen atoms in total. The van der Waals surface area contributed by atoms with E-state index in [-0.39, 0.29) is 5.60 Å². The zero-order valence-corrected chi connectivity index (χ0v) is 10.2. The average Bonchev–Trinajstić information content (AvgIpc) is 2.14. The van der Waals surface area contributed by atoms with E-state index < -0.39 is 0 Å². The third-order valence-corrected chi connectivity index (χ3v) is 4.03. The Balaban J connectivity index is 1.68. The first-order valence-corrected chi connectivity index (χ1v) is 6.33. The minimum absolute atomic E-state index is 0.0111. The van der Waals surface area contributed by atoms with Crippen molar-refractivity contribution in [1.82, 2.24) is 5.32 Å². The molecule has 2 saturated carbocycles. The summed E-state index contributed by atoms with van der Waals surface area (Å²) in [5.74, 6) is 1.39. The van der Waals surface area contributed by atoms with Crippen LogP contribution in [0.3, 0.4) is 0 Å². The standard InChI is InChI=1S/C12H23N3O/c1-16-12(6-3-7-12)9-15-11(13)14-8-10-4-2-5-10/h10H,2-9H2,1H3,(H3,13,14,15). The van der Waals surface area contributed by atoms with Gasteiger partial charge in [-0.05, 0) is 38.0 Å². The summed E-state index contributed by atoms with van der Waals surface area (Å²) in [4.78, 5) is 4.38. The molecular weight excluding hydrogens is 202 g/mol. The van der Waals surface area contributed by atoms with E-state index in [1.54, 1.807) is 7.11 Å². The monoisotopic (exact) mass is 225 g/mol. The molecule has 0 saturated heterocycles. The van der Waals surface area contributed by atoms with Gasteiger partial charge in [0.15, 0.2) is 5.96 Å². The summed E-state index contributed by atoms with van der Waals surface area (Å²) in [6, 6.07) is 0. The molecule has 3 N–H and O–H groups in total. The summed E-state index contributed by atoms with van der Waals surface area (Å²) in [6.45, 7) is 1.68. The predicted molar refractivity (Wildman–Crippen MR) is 65.4 cm³/mol. The molecule has 0 spiro atoms. The molecule has 0 radical (unpaired) electrons. The molecule has 16 heavy (non-hydrogen) atoms. The highest BCUT2D eigenvalue weighted by molar-refractivity contribution is 5.77. The van der Waals surface area contributed by atoms with Gasteiger partial charge in [0.2, 0.25) is 0 Å². The number of aliphatic imine (C=N–C) groups is 1. The lowest BCUT2D eigenvalue weighted by Gasteiger charge is -2.39. The first-order valence-electron chi connectivity index (χ1n) is 6.33. The van der Waals surface area contributed by atoms with Gasteiger partial charge in [-0.15, -0.1) is 0 Å². The predicted octanol–water partition coefficient (Wildman–Crippen LogP) is 1.26. The minimum atomic E-state index is -0.0111. The van der Waals surface area contributed by atoms with E-state index in [0.29, 0.717) is 12.5 Å². The van der Waals surface area contributed by atoms with Gasteiger partial charge in [-0.25, -0.2) is 0 Å². The van der Waals surface area contributed by atoms with Crippen LogP contribution in [0.25, 0.3) is 0 Å². The molecule has 2 aliphatic carbocycles. The molecule has 2 fully saturated rings. The van der Waals surface area contributed by atoms with Crippen molar-refractivity contribution in [2.24, 2.45) is 16.6 Å². The van der Waals surface area contributed by atoms with Crippen molar-refractivity contribution >= 4 is 5.96 Å². The van der Waals surface area contributed by atoms with Gasteiger partial charge in [0.1, 0.15) is 0 Å². The highest BCUT2D eigenvalue weighted by Crippen LogP contribution is 2.35. The van der Waals surface area contributed by atoms with Crippen LogP contribution in [0.15, 0.2) is 4.99 Å². The van der Waals surface area contributed by atoms with Gasteiger partial charge >= 0.3 is 0 Å². The van der Waals surface area contributed by atoms with Crippen LogP contribution < -0.4 is 11.1 Å². The number of nitrogens with two attached hydrogens (primary N) is 1. The third kappa shape index (κ3) is 2.67. The molecule has 0 aromatic heterocycles. The van der Waals surface area contributed by atoms with Crippen LogP contribution in [0.5, 0.6) is 0 Å². The van der Waals surface area contributed by atoms with E-state index in [1.165, 1.54) is 25.7 Å². The van der Waals surface area contributed by atoms with E-state index in [2.05, 4.69) is 10.3 Å². The van der Waals surface area contributed by atoms with Gasteiger partial charge in [0, 0.05) is 13.7 Å². The molecule has 2 aliphatic rings. The van der Waals surface area contributed by atoms with Gasteiger partial charge in [-0.3, -0.25) is 4.99 Å². The van der Waals surface area contributed by atoms with Gasteiger partial charge in [0.05, 0.1) is 12.1 Å². The van der Waals surface area contributed by atoms with Crippen LogP contribution in [-0.2, 0) is 4.74 Å². The second-order valence-electron chi connectivity index (χ2n) is 5.12. The van der Waals surface area contributed by atoms with Crippen molar-refractivity contribution in [3.05, 3.63) is 0 Å². The lowest BCUT2D eigenvalue weighted by atomic mass is 9.80. The molecular formula is C12H23N3O. The Bertz CT molecular complexity index is 251. The Morgan fingerprint density at radius 3 is 2.62 bits per heavy atom. The Kier molecular flexibility index (Phi) is 3.69. The number of hydrogen-bond donors (Lipinski definition) is 2. The Labute approximate surface area is 97.6 Å². The number of guanidine groups is 1. The number of nitrogens with zero attached hydrogens (tertiary/aromatic N) is 1. The summed E-state index contributed by atoms with van der Waals surface area (Å²) in [5, 5.41) is 3.20. The Hall–Kier alpha value is -0.770. The zero-order chi connectivity index (χ0) is 11.4. The van der Waals surface area contributed by atoms with Crippen molar-refractivity contribution in [1.29, 1.82) is 0 Å². The summed E-state index contributed by atoms with van der Waals surface area (Å²) in [7, 11) is 1.77. The van der Waals surface area contributed by atoms with Crippen molar-refractivity contribution in [3.63, 3.8) is 0 Å². The summed E-state index contributed by atoms with van der Waals surface area (Å²) < 4.78 is 5.49. The molecule has 0 aromatic rings. The normalized spacial score (nSPS) is 24.7. The largest absolute Gasteiger partial charge is 0.376 e. The molecule has 0 aromatic carbocycles. The zero-order valence-electron chi connectivity index (χ0n) is 10.2. The van der Waals surface area contributed by atoms with Gasteiger partial charge in [-0.2, -0.15) is 0 Å². The number of nitrogens with one attached hydrogen (secondary N) is 1. The van der Waals surface area contributed by atoms with Crippen LogP contribution in [0.1, 0.15) is 38.5 Å². The third-order valence-electron chi connectivity index (χ3n) is 4.03. The Morgan fingerprint density at radius 1 is 1.44 bits per heavy atom. The Morgan fingerprint density at radius 2 is 2.19 bits per heavy atom. The van der Waals surface area contributed by atoms with Crippen molar-refractivity contribution in [2.75, 3.05) is 20.2 Å². The van der Waals surface area contributed by atoms with Crippen LogP contribution in [0.4, 0.5) is 0 Å². The molecule has 0 aliphatic heterocycles. The van der Waals surface area contributed by atoms with Crippen molar-refractivity contribution in [2.45, 2.75) is 44.1 Å². The first-order chi connectivity index (χ1) is 7.74. The topological polar surface area (TPSA) is 59.6 Å². The first kappa shape index (κ1) is 11.7. The molecule has 2 rings (SSSR count). The molecule has 0 atom stereocenters. The fraction of sp³-hybridized carbons (Fsp3) is 0.917. The molecule has 0 amide bonds. The number of ether oxygens (including phenoxy) is 1. The lowest BCUT2D eigenvalue weighted by molar-refractivity contribution is -0.0630. The van der Waals surface area contributed by atoms with E-state index in [0.717, 1.165) is 25.3 Å². The van der Waals surface area contributed by atoms with Gasteiger partial charge < -0.3 is 15.8 Å². The van der Waals surface area contributed by atoms with Crippen LogP contribution >= 0.6 is 0 Å². The minimum Gasteiger partial charge on any atom is -0.376 e. The molecule has 92 valence electrons. The van der Waals surface area contributed by atoms with Gasteiger partial charge in [-0.1, -0.05) is 6.42 Å². The molecule has 0 heterocycles. The lowest BCUT2D eigenvalue weighted by Crippen LogP contribution is -2.44. The van der Waals surface area contributed by atoms with Crippen molar-refractivity contribution in [3.8, 4) is 0 Å².